The van der Waals surface area contributed by atoms with Crippen molar-refractivity contribution in [2.75, 3.05) is 39.3 Å². The molecule has 2 aliphatic rings. The van der Waals surface area contributed by atoms with Crippen molar-refractivity contribution >= 4 is 18.3 Å². The zero-order valence-electron chi connectivity index (χ0n) is 9.21. The number of carbonyl (C=O) groups is 1. The van der Waals surface area contributed by atoms with Gasteiger partial charge in [0.1, 0.15) is 0 Å². The number of hydrogen-bond donors (Lipinski definition) is 2. The molecule has 0 aromatic rings. The second kappa shape index (κ2) is 5.14. The molecular formula is C10H20ClN3O. The van der Waals surface area contributed by atoms with E-state index in [-0.39, 0.29) is 18.3 Å². The first kappa shape index (κ1) is 12.7. The van der Waals surface area contributed by atoms with Crippen molar-refractivity contribution in [1.82, 2.24) is 15.5 Å². The molecule has 2 fully saturated rings. The number of halogens is 1. The van der Waals surface area contributed by atoms with Crippen molar-refractivity contribution < 1.29 is 4.79 Å². The molecule has 2 saturated heterocycles. The molecule has 0 aromatic heterocycles. The highest BCUT2D eigenvalue weighted by Crippen LogP contribution is 2.25. The van der Waals surface area contributed by atoms with Crippen molar-refractivity contribution in [3.63, 3.8) is 0 Å². The smallest absolute Gasteiger partial charge is 0.234 e. The van der Waals surface area contributed by atoms with Crippen molar-refractivity contribution in [2.24, 2.45) is 5.41 Å². The molecule has 0 aliphatic carbocycles. The Kier molecular flexibility index (Phi) is 4.37. The minimum Gasteiger partial charge on any atom is -0.354 e. The Morgan fingerprint density at radius 2 is 2.27 bits per heavy atom. The first-order valence-electron chi connectivity index (χ1n) is 5.38. The number of amides is 1. The van der Waals surface area contributed by atoms with E-state index in [4.69, 9.17) is 0 Å². The summed E-state index contributed by atoms with van der Waals surface area (Å²) >= 11 is 0. The van der Waals surface area contributed by atoms with Crippen LogP contribution in [-0.2, 0) is 4.79 Å². The molecule has 0 saturated carbocycles. The monoisotopic (exact) mass is 233 g/mol. The highest BCUT2D eigenvalue weighted by atomic mass is 35.5. The third kappa shape index (κ3) is 3.33. The lowest BCUT2D eigenvalue weighted by Crippen LogP contribution is -2.50. The fourth-order valence-corrected chi connectivity index (χ4v) is 2.37. The highest BCUT2D eigenvalue weighted by molar-refractivity contribution is 5.85. The molecule has 2 N–H and O–H groups in total. The van der Waals surface area contributed by atoms with Crippen LogP contribution in [0.4, 0.5) is 0 Å². The Morgan fingerprint density at radius 3 is 2.87 bits per heavy atom. The van der Waals surface area contributed by atoms with Gasteiger partial charge in [0.2, 0.25) is 5.91 Å². The van der Waals surface area contributed by atoms with Crippen molar-refractivity contribution in [3.8, 4) is 0 Å². The molecule has 1 amide bonds. The van der Waals surface area contributed by atoms with Crippen molar-refractivity contribution in [1.29, 1.82) is 0 Å². The summed E-state index contributed by atoms with van der Waals surface area (Å²) in [6, 6.07) is 0. The number of rotatable bonds is 2. The van der Waals surface area contributed by atoms with E-state index in [9.17, 15) is 4.79 Å². The predicted octanol–water partition coefficient (Wildman–Crippen LogP) is -0.160. The van der Waals surface area contributed by atoms with E-state index in [1.54, 1.807) is 0 Å². The first-order valence-corrected chi connectivity index (χ1v) is 5.38. The van der Waals surface area contributed by atoms with Gasteiger partial charge in [-0.25, -0.2) is 0 Å². The lowest BCUT2D eigenvalue weighted by Gasteiger charge is -2.33. The third-order valence-corrected chi connectivity index (χ3v) is 3.18. The van der Waals surface area contributed by atoms with Crippen LogP contribution >= 0.6 is 12.4 Å². The third-order valence-electron chi connectivity index (χ3n) is 3.18. The van der Waals surface area contributed by atoms with Gasteiger partial charge in [-0.05, 0) is 18.4 Å². The Hall–Kier alpha value is -0.320. The molecule has 2 rings (SSSR count). The molecule has 0 aromatic carbocycles. The van der Waals surface area contributed by atoms with Crippen LogP contribution < -0.4 is 10.6 Å². The second-order valence-corrected chi connectivity index (χ2v) is 4.80. The van der Waals surface area contributed by atoms with Crippen LogP contribution in [0.25, 0.3) is 0 Å². The molecule has 4 nitrogen and oxygen atoms in total. The Labute approximate surface area is 97.2 Å². The van der Waals surface area contributed by atoms with E-state index in [1.807, 2.05) is 0 Å². The van der Waals surface area contributed by atoms with E-state index in [0.29, 0.717) is 12.0 Å². The number of piperazine rings is 1. The number of hydrogen-bond acceptors (Lipinski definition) is 3. The Bertz CT molecular complexity index is 229. The largest absolute Gasteiger partial charge is 0.354 e. The van der Waals surface area contributed by atoms with E-state index in [1.165, 1.54) is 6.42 Å². The van der Waals surface area contributed by atoms with Crippen molar-refractivity contribution in [2.45, 2.75) is 13.3 Å². The predicted molar refractivity (Wildman–Crippen MR) is 62.3 cm³/mol. The van der Waals surface area contributed by atoms with E-state index in [2.05, 4.69) is 22.5 Å². The lowest BCUT2D eigenvalue weighted by molar-refractivity contribution is -0.124. The van der Waals surface area contributed by atoms with Crippen LogP contribution in [0, 0.1) is 5.41 Å². The van der Waals surface area contributed by atoms with Gasteiger partial charge in [0.25, 0.3) is 0 Å². The average molecular weight is 234 g/mol. The van der Waals surface area contributed by atoms with Gasteiger partial charge in [0.15, 0.2) is 0 Å². The summed E-state index contributed by atoms with van der Waals surface area (Å²) in [5.74, 6) is 0.172. The average Bonchev–Trinajstić information content (AvgIpc) is 2.51. The summed E-state index contributed by atoms with van der Waals surface area (Å²) in [6.07, 6.45) is 1.23. The molecule has 2 heterocycles. The maximum absolute atomic E-state index is 11.2. The summed E-state index contributed by atoms with van der Waals surface area (Å²) < 4.78 is 0. The summed E-state index contributed by atoms with van der Waals surface area (Å²) in [4.78, 5) is 13.5. The number of carbonyl (C=O) groups excluding carboxylic acids is 1. The highest BCUT2D eigenvalue weighted by Gasteiger charge is 2.31. The molecule has 5 heteroatoms. The summed E-state index contributed by atoms with van der Waals surface area (Å²) in [5, 5.41) is 6.24. The molecule has 0 spiro atoms. The molecule has 88 valence electrons. The van der Waals surface area contributed by atoms with Crippen LogP contribution in [0.1, 0.15) is 13.3 Å². The topological polar surface area (TPSA) is 44.4 Å². The minimum atomic E-state index is 0. The molecule has 0 radical (unpaired) electrons. The Balaban J connectivity index is 0.00000112. The van der Waals surface area contributed by atoms with Gasteiger partial charge in [0.05, 0.1) is 6.54 Å². The summed E-state index contributed by atoms with van der Waals surface area (Å²) in [7, 11) is 0. The van der Waals surface area contributed by atoms with E-state index in [0.717, 1.165) is 32.7 Å². The number of nitrogens with zero attached hydrogens (tertiary/aromatic N) is 1. The van der Waals surface area contributed by atoms with Crippen LogP contribution in [0.3, 0.4) is 0 Å². The molecule has 1 unspecified atom stereocenters. The van der Waals surface area contributed by atoms with E-state index < -0.39 is 0 Å². The SMILES string of the molecule is CC1(CN2CCNC(=O)C2)CCNC1.Cl. The van der Waals surface area contributed by atoms with Gasteiger partial charge in [0, 0.05) is 26.2 Å². The lowest BCUT2D eigenvalue weighted by atomic mass is 9.89. The maximum Gasteiger partial charge on any atom is 0.234 e. The fourth-order valence-electron chi connectivity index (χ4n) is 2.37. The zero-order valence-corrected chi connectivity index (χ0v) is 10.0. The zero-order chi connectivity index (χ0) is 10.0. The summed E-state index contributed by atoms with van der Waals surface area (Å²) in [5.41, 5.74) is 0.373. The summed E-state index contributed by atoms with van der Waals surface area (Å²) in [6.45, 7) is 7.95. The molecule has 2 aliphatic heterocycles. The van der Waals surface area contributed by atoms with Gasteiger partial charge in [-0.3, -0.25) is 9.69 Å². The van der Waals surface area contributed by atoms with Gasteiger partial charge >= 0.3 is 0 Å². The van der Waals surface area contributed by atoms with Gasteiger partial charge in [-0.2, -0.15) is 0 Å². The quantitative estimate of drug-likeness (QED) is 0.697. The molecule has 1 atom stereocenters. The van der Waals surface area contributed by atoms with Crippen LogP contribution in [0.5, 0.6) is 0 Å². The van der Waals surface area contributed by atoms with Gasteiger partial charge in [-0.15, -0.1) is 12.4 Å². The van der Waals surface area contributed by atoms with Crippen LogP contribution in [0.15, 0.2) is 0 Å². The fraction of sp³-hybridized carbons (Fsp3) is 0.900. The number of nitrogens with one attached hydrogen (secondary N) is 2. The van der Waals surface area contributed by atoms with Crippen LogP contribution in [0.2, 0.25) is 0 Å². The maximum atomic E-state index is 11.2. The normalized spacial score (nSPS) is 32.2. The second-order valence-electron chi connectivity index (χ2n) is 4.80. The molecular weight excluding hydrogens is 214 g/mol. The van der Waals surface area contributed by atoms with Crippen molar-refractivity contribution in [3.05, 3.63) is 0 Å². The molecule has 15 heavy (non-hydrogen) atoms. The van der Waals surface area contributed by atoms with Crippen LogP contribution in [-0.4, -0.2) is 50.1 Å². The van der Waals surface area contributed by atoms with Gasteiger partial charge in [-0.1, -0.05) is 6.92 Å². The first-order chi connectivity index (χ1) is 6.68. The Morgan fingerprint density at radius 1 is 1.47 bits per heavy atom. The minimum absolute atomic E-state index is 0. The molecule has 0 bridgehead atoms. The van der Waals surface area contributed by atoms with Gasteiger partial charge < -0.3 is 10.6 Å². The standard InChI is InChI=1S/C10H19N3O.ClH/c1-10(2-3-11-7-10)8-13-5-4-12-9(14)6-13;/h11H,2-8H2,1H3,(H,12,14);1H. The van der Waals surface area contributed by atoms with E-state index >= 15 is 0 Å².